The Morgan fingerprint density at radius 1 is 1.50 bits per heavy atom. The summed E-state index contributed by atoms with van der Waals surface area (Å²) in [5.74, 6) is 0.0790. The van der Waals surface area contributed by atoms with E-state index < -0.39 is 6.04 Å². The van der Waals surface area contributed by atoms with Gasteiger partial charge in [-0.05, 0) is 34.5 Å². The molecule has 5 heteroatoms. The Labute approximate surface area is 95.6 Å². The van der Waals surface area contributed by atoms with Crippen LogP contribution in [-0.4, -0.2) is 16.8 Å². The van der Waals surface area contributed by atoms with Crippen LogP contribution in [0.15, 0.2) is 16.6 Å². The molecule has 1 aromatic rings. The van der Waals surface area contributed by atoms with Gasteiger partial charge in [-0.1, -0.05) is 11.6 Å². The molecule has 0 bridgehead atoms. The number of aromatic hydroxyl groups is 1. The van der Waals surface area contributed by atoms with Gasteiger partial charge in [0.2, 0.25) is 0 Å². The van der Waals surface area contributed by atoms with Crippen molar-refractivity contribution >= 4 is 27.5 Å². The molecule has 1 aromatic carbocycles. The van der Waals surface area contributed by atoms with Gasteiger partial charge in [-0.3, -0.25) is 0 Å². The van der Waals surface area contributed by atoms with Gasteiger partial charge in [-0.2, -0.15) is 0 Å². The van der Waals surface area contributed by atoms with Crippen LogP contribution in [0.25, 0.3) is 0 Å². The van der Waals surface area contributed by atoms with Gasteiger partial charge in [-0.25, -0.2) is 0 Å². The first-order valence-corrected chi connectivity index (χ1v) is 5.27. The fourth-order valence-electron chi connectivity index (χ4n) is 1.16. The standard InChI is InChI=1S/C9H11BrClNO2/c10-7-4-5(11)3-6(9(7)14)8(12)1-2-13/h3-4,8,13-14H,1-2,12H2/t8-/m1/s1. The summed E-state index contributed by atoms with van der Waals surface area (Å²) in [7, 11) is 0. The lowest BCUT2D eigenvalue weighted by atomic mass is 10.0. The summed E-state index contributed by atoms with van der Waals surface area (Å²) in [6.45, 7) is -0.0231. The Morgan fingerprint density at radius 2 is 2.14 bits per heavy atom. The Morgan fingerprint density at radius 3 is 2.71 bits per heavy atom. The van der Waals surface area contributed by atoms with Crippen molar-refractivity contribution in [2.75, 3.05) is 6.61 Å². The number of phenols is 1. The fraction of sp³-hybridized carbons (Fsp3) is 0.333. The zero-order valence-electron chi connectivity index (χ0n) is 7.37. The Bertz CT molecular complexity index is 333. The molecule has 0 heterocycles. The molecule has 0 fully saturated rings. The van der Waals surface area contributed by atoms with Crippen molar-refractivity contribution in [2.45, 2.75) is 12.5 Å². The lowest BCUT2D eigenvalue weighted by Gasteiger charge is -2.13. The minimum atomic E-state index is -0.407. The average Bonchev–Trinajstić information content (AvgIpc) is 2.11. The number of aliphatic hydroxyl groups is 1. The van der Waals surface area contributed by atoms with Crippen LogP contribution < -0.4 is 5.73 Å². The highest BCUT2D eigenvalue weighted by atomic mass is 79.9. The molecule has 0 unspecified atom stereocenters. The van der Waals surface area contributed by atoms with E-state index in [4.69, 9.17) is 22.4 Å². The van der Waals surface area contributed by atoms with E-state index in [0.29, 0.717) is 21.5 Å². The van der Waals surface area contributed by atoms with Crippen LogP contribution in [0, 0.1) is 0 Å². The second kappa shape index (κ2) is 4.98. The van der Waals surface area contributed by atoms with E-state index in [1.54, 1.807) is 12.1 Å². The molecule has 14 heavy (non-hydrogen) atoms. The van der Waals surface area contributed by atoms with Crippen molar-refractivity contribution < 1.29 is 10.2 Å². The molecule has 0 radical (unpaired) electrons. The molecule has 0 aliphatic heterocycles. The van der Waals surface area contributed by atoms with Crippen LogP contribution in [0.5, 0.6) is 5.75 Å². The van der Waals surface area contributed by atoms with Gasteiger partial charge in [0.1, 0.15) is 5.75 Å². The number of nitrogens with two attached hydrogens (primary N) is 1. The number of halogens is 2. The molecular weight excluding hydrogens is 269 g/mol. The van der Waals surface area contributed by atoms with Crippen LogP contribution in [0.4, 0.5) is 0 Å². The second-order valence-corrected chi connectivity index (χ2v) is 4.23. The summed E-state index contributed by atoms with van der Waals surface area (Å²) < 4.78 is 0.508. The number of benzene rings is 1. The summed E-state index contributed by atoms with van der Waals surface area (Å²) >= 11 is 8.97. The lowest BCUT2D eigenvalue weighted by Crippen LogP contribution is -2.12. The third kappa shape index (κ3) is 2.60. The van der Waals surface area contributed by atoms with E-state index in [9.17, 15) is 5.11 Å². The van der Waals surface area contributed by atoms with Crippen LogP contribution in [-0.2, 0) is 0 Å². The molecule has 0 spiro atoms. The molecular formula is C9H11BrClNO2. The number of hydrogen-bond acceptors (Lipinski definition) is 3. The minimum Gasteiger partial charge on any atom is -0.506 e. The number of hydrogen-bond donors (Lipinski definition) is 3. The Balaban J connectivity index is 3.07. The molecule has 1 rings (SSSR count). The molecule has 78 valence electrons. The van der Waals surface area contributed by atoms with Gasteiger partial charge in [0, 0.05) is 23.2 Å². The normalized spacial score (nSPS) is 12.9. The second-order valence-electron chi connectivity index (χ2n) is 2.94. The average molecular weight is 281 g/mol. The van der Waals surface area contributed by atoms with Gasteiger partial charge in [0.15, 0.2) is 0 Å². The van der Waals surface area contributed by atoms with E-state index in [1.807, 2.05) is 0 Å². The highest BCUT2D eigenvalue weighted by Gasteiger charge is 2.13. The van der Waals surface area contributed by atoms with Gasteiger partial charge >= 0.3 is 0 Å². The minimum absolute atomic E-state index is 0.0231. The summed E-state index contributed by atoms with van der Waals surface area (Å²) in [6.07, 6.45) is 0.389. The molecule has 0 saturated heterocycles. The van der Waals surface area contributed by atoms with Gasteiger partial charge in [0.05, 0.1) is 4.47 Å². The van der Waals surface area contributed by atoms with Crippen LogP contribution >= 0.6 is 27.5 Å². The van der Waals surface area contributed by atoms with Crippen molar-refractivity contribution in [3.8, 4) is 5.75 Å². The Hall–Kier alpha value is -0.290. The lowest BCUT2D eigenvalue weighted by molar-refractivity contribution is 0.275. The van der Waals surface area contributed by atoms with Crippen LogP contribution in [0.2, 0.25) is 5.02 Å². The first-order chi connectivity index (χ1) is 6.56. The first-order valence-electron chi connectivity index (χ1n) is 4.10. The third-order valence-electron chi connectivity index (χ3n) is 1.90. The monoisotopic (exact) mass is 279 g/mol. The van der Waals surface area contributed by atoms with E-state index in [1.165, 1.54) is 0 Å². The van der Waals surface area contributed by atoms with Crippen molar-refractivity contribution in [1.29, 1.82) is 0 Å². The molecule has 1 atom stereocenters. The number of rotatable bonds is 3. The predicted molar refractivity (Wildman–Crippen MR) is 59.4 cm³/mol. The van der Waals surface area contributed by atoms with E-state index >= 15 is 0 Å². The predicted octanol–water partition coefficient (Wildman–Crippen LogP) is 2.19. The maximum atomic E-state index is 9.65. The van der Waals surface area contributed by atoms with Gasteiger partial charge in [-0.15, -0.1) is 0 Å². The molecule has 0 aromatic heterocycles. The summed E-state index contributed by atoms with van der Waals surface area (Å²) in [6, 6.07) is 2.78. The quantitative estimate of drug-likeness (QED) is 0.795. The van der Waals surface area contributed by atoms with E-state index in [2.05, 4.69) is 15.9 Å². The number of aliphatic hydroxyl groups excluding tert-OH is 1. The zero-order valence-corrected chi connectivity index (χ0v) is 9.72. The van der Waals surface area contributed by atoms with Crippen molar-refractivity contribution in [3.05, 3.63) is 27.2 Å². The molecule has 0 amide bonds. The first kappa shape index (κ1) is 11.8. The van der Waals surface area contributed by atoms with Gasteiger partial charge in [0.25, 0.3) is 0 Å². The zero-order chi connectivity index (χ0) is 10.7. The molecule has 0 saturated carbocycles. The molecule has 4 N–H and O–H groups in total. The highest BCUT2D eigenvalue weighted by molar-refractivity contribution is 9.10. The highest BCUT2D eigenvalue weighted by Crippen LogP contribution is 2.35. The largest absolute Gasteiger partial charge is 0.506 e. The topological polar surface area (TPSA) is 66.5 Å². The van der Waals surface area contributed by atoms with E-state index in [-0.39, 0.29) is 12.4 Å². The SMILES string of the molecule is N[C@H](CCO)c1cc(Cl)cc(Br)c1O. The fourth-order valence-corrected chi connectivity index (χ4v) is 2.00. The summed E-state index contributed by atoms with van der Waals surface area (Å²) in [5.41, 5.74) is 6.28. The maximum absolute atomic E-state index is 9.65. The van der Waals surface area contributed by atoms with Gasteiger partial charge < -0.3 is 15.9 Å². The number of phenolic OH excluding ortho intramolecular Hbond substituents is 1. The smallest absolute Gasteiger partial charge is 0.134 e. The Kier molecular flexibility index (Phi) is 4.19. The molecule has 3 nitrogen and oxygen atoms in total. The maximum Gasteiger partial charge on any atom is 0.134 e. The summed E-state index contributed by atoms with van der Waals surface area (Å²) in [4.78, 5) is 0. The molecule has 0 aliphatic carbocycles. The van der Waals surface area contributed by atoms with E-state index in [0.717, 1.165) is 0 Å². The van der Waals surface area contributed by atoms with Crippen molar-refractivity contribution in [2.24, 2.45) is 5.73 Å². The van der Waals surface area contributed by atoms with Crippen LogP contribution in [0.1, 0.15) is 18.0 Å². The van der Waals surface area contributed by atoms with Crippen LogP contribution in [0.3, 0.4) is 0 Å². The van der Waals surface area contributed by atoms with Crippen molar-refractivity contribution in [1.82, 2.24) is 0 Å². The third-order valence-corrected chi connectivity index (χ3v) is 2.72. The molecule has 0 aliphatic rings. The summed E-state index contributed by atoms with van der Waals surface area (Å²) in [5, 5.41) is 18.9. The van der Waals surface area contributed by atoms with Crippen molar-refractivity contribution in [3.63, 3.8) is 0 Å².